The van der Waals surface area contributed by atoms with Gasteiger partial charge in [0.2, 0.25) is 15.9 Å². The number of anilines is 2. The summed E-state index contributed by atoms with van der Waals surface area (Å²) in [6, 6.07) is 13.6. The molecule has 0 fully saturated rings. The third kappa shape index (κ3) is 4.17. The highest BCUT2D eigenvalue weighted by Gasteiger charge is 2.27. The topological polar surface area (TPSA) is 84.0 Å². The number of para-hydroxylation sites is 1. The second-order valence-electron chi connectivity index (χ2n) is 6.59. The van der Waals surface area contributed by atoms with Crippen molar-refractivity contribution < 1.29 is 22.7 Å². The maximum Gasteiger partial charge on any atom is 0.337 e. The number of carbonyl (C=O) groups is 2. The van der Waals surface area contributed by atoms with Gasteiger partial charge in [-0.3, -0.25) is 9.10 Å². The van der Waals surface area contributed by atoms with E-state index < -0.39 is 16.0 Å². The van der Waals surface area contributed by atoms with Crippen molar-refractivity contribution in [3.05, 3.63) is 59.7 Å². The van der Waals surface area contributed by atoms with E-state index in [-0.39, 0.29) is 12.5 Å². The summed E-state index contributed by atoms with van der Waals surface area (Å²) in [5.74, 6) is -0.812. The van der Waals surface area contributed by atoms with Gasteiger partial charge in [-0.1, -0.05) is 18.2 Å². The van der Waals surface area contributed by atoms with Gasteiger partial charge in [-0.05, 0) is 48.7 Å². The Morgan fingerprint density at radius 2 is 1.79 bits per heavy atom. The van der Waals surface area contributed by atoms with Gasteiger partial charge in [0.25, 0.3) is 0 Å². The lowest BCUT2D eigenvalue weighted by atomic mass is 10.0. The first-order valence-electron chi connectivity index (χ1n) is 8.85. The second-order valence-corrected chi connectivity index (χ2v) is 8.49. The SMILES string of the molecule is COC(=O)c1ccc(N(CC(=O)N2CCCc3ccccc32)S(C)(=O)=O)cc1. The summed E-state index contributed by atoms with van der Waals surface area (Å²) in [7, 11) is -2.43. The monoisotopic (exact) mass is 402 g/mol. The number of amides is 1. The van der Waals surface area contributed by atoms with Crippen molar-refractivity contribution in [2.45, 2.75) is 12.8 Å². The molecule has 28 heavy (non-hydrogen) atoms. The molecule has 0 saturated carbocycles. The predicted molar refractivity (Wildman–Crippen MR) is 107 cm³/mol. The highest BCUT2D eigenvalue weighted by atomic mass is 32.2. The van der Waals surface area contributed by atoms with E-state index in [9.17, 15) is 18.0 Å². The van der Waals surface area contributed by atoms with Gasteiger partial charge in [0, 0.05) is 12.2 Å². The number of aryl methyl sites for hydroxylation is 1. The highest BCUT2D eigenvalue weighted by molar-refractivity contribution is 7.92. The molecule has 2 aromatic carbocycles. The number of rotatable bonds is 5. The lowest BCUT2D eigenvalue weighted by Gasteiger charge is -2.31. The molecule has 7 nitrogen and oxygen atoms in total. The van der Waals surface area contributed by atoms with Crippen LogP contribution in [-0.4, -0.2) is 46.7 Å². The fourth-order valence-corrected chi connectivity index (χ4v) is 4.13. The fourth-order valence-electron chi connectivity index (χ4n) is 3.28. The molecule has 0 atom stereocenters. The molecule has 1 aliphatic heterocycles. The number of hydrogen-bond acceptors (Lipinski definition) is 5. The molecule has 0 bridgehead atoms. The van der Waals surface area contributed by atoms with E-state index in [2.05, 4.69) is 4.74 Å². The van der Waals surface area contributed by atoms with Crippen molar-refractivity contribution in [2.75, 3.05) is 35.7 Å². The summed E-state index contributed by atoms with van der Waals surface area (Å²) in [6.45, 7) is 0.236. The number of esters is 1. The molecule has 0 unspecified atom stereocenters. The van der Waals surface area contributed by atoms with E-state index in [1.54, 1.807) is 4.90 Å². The maximum absolute atomic E-state index is 13.0. The second kappa shape index (κ2) is 8.02. The summed E-state index contributed by atoms with van der Waals surface area (Å²) in [4.78, 5) is 26.2. The molecular formula is C20H22N2O5S. The minimum Gasteiger partial charge on any atom is -0.465 e. The largest absolute Gasteiger partial charge is 0.465 e. The average Bonchev–Trinajstić information content (AvgIpc) is 2.70. The molecule has 0 radical (unpaired) electrons. The molecule has 0 N–H and O–H groups in total. The molecule has 8 heteroatoms. The zero-order valence-corrected chi connectivity index (χ0v) is 16.6. The van der Waals surface area contributed by atoms with Crippen molar-refractivity contribution >= 4 is 33.3 Å². The van der Waals surface area contributed by atoms with Crippen molar-refractivity contribution in [2.24, 2.45) is 0 Å². The Labute approximate surface area is 164 Å². The van der Waals surface area contributed by atoms with E-state index in [0.717, 1.165) is 34.7 Å². The Kier molecular flexibility index (Phi) is 5.69. The van der Waals surface area contributed by atoms with Crippen molar-refractivity contribution in [3.8, 4) is 0 Å². The number of methoxy groups -OCH3 is 1. The van der Waals surface area contributed by atoms with Crippen LogP contribution in [0.25, 0.3) is 0 Å². The quantitative estimate of drug-likeness (QED) is 0.716. The van der Waals surface area contributed by atoms with Gasteiger partial charge in [-0.2, -0.15) is 0 Å². The zero-order valence-electron chi connectivity index (χ0n) is 15.8. The van der Waals surface area contributed by atoms with Crippen molar-refractivity contribution in [3.63, 3.8) is 0 Å². The molecule has 1 heterocycles. The van der Waals surface area contributed by atoms with Crippen LogP contribution in [-0.2, 0) is 26.0 Å². The number of benzene rings is 2. The number of nitrogens with zero attached hydrogens (tertiary/aromatic N) is 2. The molecule has 1 amide bonds. The molecule has 1 aliphatic rings. The van der Waals surface area contributed by atoms with Gasteiger partial charge >= 0.3 is 5.97 Å². The lowest BCUT2D eigenvalue weighted by Crippen LogP contribution is -2.44. The van der Waals surface area contributed by atoms with Crippen molar-refractivity contribution in [1.29, 1.82) is 0 Å². The van der Waals surface area contributed by atoms with Crippen LogP contribution in [0.1, 0.15) is 22.3 Å². The van der Waals surface area contributed by atoms with E-state index in [0.29, 0.717) is 17.8 Å². The van der Waals surface area contributed by atoms with Crippen LogP contribution in [0.15, 0.2) is 48.5 Å². The number of hydrogen-bond donors (Lipinski definition) is 0. The Bertz CT molecular complexity index is 986. The predicted octanol–water partition coefficient (Wildman–Crippen LogP) is 2.22. The number of sulfonamides is 1. The number of carbonyl (C=O) groups excluding carboxylic acids is 2. The first kappa shape index (κ1) is 19.9. The summed E-state index contributed by atoms with van der Waals surface area (Å²) < 4.78 is 30.4. The van der Waals surface area contributed by atoms with E-state index in [1.165, 1.54) is 31.4 Å². The van der Waals surface area contributed by atoms with Gasteiger partial charge in [-0.25, -0.2) is 13.2 Å². The third-order valence-corrected chi connectivity index (χ3v) is 5.81. The van der Waals surface area contributed by atoms with Gasteiger partial charge in [-0.15, -0.1) is 0 Å². The first-order valence-corrected chi connectivity index (χ1v) is 10.7. The first-order chi connectivity index (χ1) is 13.3. The minimum absolute atomic E-state index is 0.297. The Morgan fingerprint density at radius 1 is 1.11 bits per heavy atom. The molecular weight excluding hydrogens is 380 g/mol. The summed E-state index contributed by atoms with van der Waals surface area (Å²) in [5, 5.41) is 0. The van der Waals surface area contributed by atoms with Gasteiger partial charge in [0.1, 0.15) is 6.54 Å². The molecule has 0 aliphatic carbocycles. The Hall–Kier alpha value is -2.87. The average molecular weight is 402 g/mol. The highest BCUT2D eigenvalue weighted by Crippen LogP contribution is 2.27. The molecule has 2 aromatic rings. The maximum atomic E-state index is 13.0. The van der Waals surface area contributed by atoms with Crippen LogP contribution in [0.3, 0.4) is 0 Å². The van der Waals surface area contributed by atoms with Crippen LogP contribution in [0.2, 0.25) is 0 Å². The van der Waals surface area contributed by atoms with E-state index in [4.69, 9.17) is 0 Å². The summed E-state index contributed by atoms with van der Waals surface area (Å²) in [5.41, 5.74) is 2.52. The molecule has 148 valence electrons. The van der Waals surface area contributed by atoms with Crippen LogP contribution in [0, 0.1) is 0 Å². The molecule has 0 saturated heterocycles. The lowest BCUT2D eigenvalue weighted by molar-refractivity contribution is -0.117. The van der Waals surface area contributed by atoms with Crippen LogP contribution < -0.4 is 9.21 Å². The Balaban J connectivity index is 1.86. The number of ether oxygens (including phenoxy) is 1. The smallest absolute Gasteiger partial charge is 0.337 e. The molecule has 0 aromatic heterocycles. The third-order valence-electron chi connectivity index (χ3n) is 4.67. The van der Waals surface area contributed by atoms with E-state index >= 15 is 0 Å². The van der Waals surface area contributed by atoms with Crippen LogP contribution in [0.5, 0.6) is 0 Å². The zero-order chi connectivity index (χ0) is 20.3. The minimum atomic E-state index is -3.70. The van der Waals surface area contributed by atoms with Crippen LogP contribution >= 0.6 is 0 Å². The molecule has 0 spiro atoms. The van der Waals surface area contributed by atoms with E-state index in [1.807, 2.05) is 24.3 Å². The van der Waals surface area contributed by atoms with Crippen LogP contribution in [0.4, 0.5) is 11.4 Å². The normalized spacial score (nSPS) is 13.6. The number of fused-ring (bicyclic) bond motifs is 1. The van der Waals surface area contributed by atoms with Gasteiger partial charge in [0.15, 0.2) is 0 Å². The standard InChI is InChI=1S/C20H22N2O5S/c1-27-20(24)16-9-11-17(12-10-16)22(28(2,25)26)14-19(23)21-13-5-7-15-6-3-4-8-18(15)21/h3-4,6,8-12H,5,7,13-14H2,1-2H3. The summed E-state index contributed by atoms with van der Waals surface area (Å²) in [6.07, 6.45) is 2.78. The fraction of sp³-hybridized carbons (Fsp3) is 0.300. The Morgan fingerprint density at radius 3 is 2.43 bits per heavy atom. The summed E-state index contributed by atoms with van der Waals surface area (Å²) >= 11 is 0. The van der Waals surface area contributed by atoms with Gasteiger partial charge in [0.05, 0.1) is 24.6 Å². The van der Waals surface area contributed by atoms with Gasteiger partial charge < -0.3 is 9.64 Å². The molecule has 3 rings (SSSR count). The van der Waals surface area contributed by atoms with Crippen molar-refractivity contribution in [1.82, 2.24) is 0 Å².